The third kappa shape index (κ3) is 9.82. The molecule has 0 spiro atoms. The summed E-state index contributed by atoms with van der Waals surface area (Å²) in [6.45, 7) is 2.31. The maximum atomic E-state index is 9.55. The minimum absolute atomic E-state index is 0.558. The average molecular weight is 523 g/mol. The molecule has 10 heteroatoms. The molecule has 0 amide bonds. The van der Waals surface area contributed by atoms with Crippen LogP contribution < -0.4 is 0 Å². The van der Waals surface area contributed by atoms with E-state index in [1.54, 1.807) is 5.57 Å². The van der Waals surface area contributed by atoms with Crippen LogP contribution in [0.25, 0.3) is 5.57 Å². The van der Waals surface area contributed by atoms with Gasteiger partial charge in [0.05, 0.1) is 5.69 Å². The molecule has 0 unspecified atom stereocenters. The summed E-state index contributed by atoms with van der Waals surface area (Å²) in [6, 6.07) is 13.2. The van der Waals surface area contributed by atoms with Crippen molar-refractivity contribution in [2.45, 2.75) is 25.7 Å². The van der Waals surface area contributed by atoms with E-state index in [1.807, 2.05) is 6.20 Å². The van der Waals surface area contributed by atoms with Gasteiger partial charge in [0, 0.05) is 49.2 Å². The van der Waals surface area contributed by atoms with E-state index in [9.17, 15) is 19.2 Å². The van der Waals surface area contributed by atoms with Gasteiger partial charge in [-0.2, -0.15) is 0 Å². The first-order chi connectivity index (χ1) is 18.1. The Labute approximate surface area is 219 Å². The first kappa shape index (κ1) is 29.7. The first-order valence-corrected chi connectivity index (χ1v) is 11.8. The predicted octanol–water partition coefficient (Wildman–Crippen LogP) is 3.13. The Morgan fingerprint density at radius 3 is 1.71 bits per heavy atom. The third-order valence-electron chi connectivity index (χ3n) is 5.76. The van der Waals surface area contributed by atoms with Crippen molar-refractivity contribution in [3.63, 3.8) is 0 Å². The maximum absolute atomic E-state index is 9.55. The average Bonchev–Trinajstić information content (AvgIpc) is 3.05. The lowest BCUT2D eigenvalue weighted by molar-refractivity contribution is -0.134. The highest BCUT2D eigenvalue weighted by Gasteiger charge is 2.23. The van der Waals surface area contributed by atoms with Gasteiger partial charge in [-0.1, -0.05) is 35.9 Å². The van der Waals surface area contributed by atoms with Crippen LogP contribution in [0.5, 0.6) is 0 Å². The van der Waals surface area contributed by atoms with Crippen molar-refractivity contribution in [1.82, 2.24) is 9.88 Å². The van der Waals surface area contributed by atoms with Crippen molar-refractivity contribution in [1.29, 1.82) is 0 Å². The highest BCUT2D eigenvalue weighted by Crippen LogP contribution is 2.37. The van der Waals surface area contributed by atoms with Crippen LogP contribution in [0.3, 0.4) is 0 Å². The third-order valence-corrected chi connectivity index (χ3v) is 5.76. The molecule has 10 nitrogen and oxygen atoms in total. The van der Waals surface area contributed by atoms with Gasteiger partial charge in [0.2, 0.25) is 0 Å². The van der Waals surface area contributed by atoms with Crippen molar-refractivity contribution in [3.05, 3.63) is 94.9 Å². The quantitative estimate of drug-likeness (QED) is 0.438. The molecule has 0 radical (unpaired) electrons. The fraction of sp³-hybridized carbons (Fsp3) is 0.250. The molecule has 4 rings (SSSR count). The van der Waals surface area contributed by atoms with Crippen LogP contribution >= 0.6 is 0 Å². The number of nitrogens with zero attached hydrogens (tertiary/aromatic N) is 2. The van der Waals surface area contributed by atoms with Crippen LogP contribution in [0.1, 0.15) is 35.2 Å². The van der Waals surface area contributed by atoms with E-state index in [-0.39, 0.29) is 0 Å². The lowest BCUT2D eigenvalue weighted by Crippen LogP contribution is -2.27. The topological polar surface area (TPSA) is 165 Å². The minimum Gasteiger partial charge on any atom is -0.478 e. The zero-order valence-corrected chi connectivity index (χ0v) is 20.9. The van der Waals surface area contributed by atoms with E-state index in [1.165, 1.54) is 28.0 Å². The SMILES string of the molecule is CN1CCC(=C2c3ccccc3CCc3cccnc32)CC1.O=C(O)/C=C\C(=O)O.O=C(O)/C=C\C(=O)O. The fourth-order valence-electron chi connectivity index (χ4n) is 4.03. The molecule has 1 fully saturated rings. The molecule has 1 saturated heterocycles. The van der Waals surface area contributed by atoms with E-state index in [2.05, 4.69) is 48.3 Å². The van der Waals surface area contributed by atoms with Crippen molar-refractivity contribution >= 4 is 29.5 Å². The molecule has 4 N–H and O–H groups in total. The van der Waals surface area contributed by atoms with Crippen molar-refractivity contribution in [3.8, 4) is 0 Å². The molecule has 1 aromatic heterocycles. The molecular weight excluding hydrogens is 492 g/mol. The van der Waals surface area contributed by atoms with Crippen molar-refractivity contribution in [2.24, 2.45) is 0 Å². The van der Waals surface area contributed by atoms with E-state index >= 15 is 0 Å². The molecular formula is C28H30N2O8. The van der Waals surface area contributed by atoms with Crippen LogP contribution in [0.2, 0.25) is 0 Å². The number of carbonyl (C=O) groups is 4. The number of rotatable bonds is 4. The van der Waals surface area contributed by atoms with E-state index in [0.717, 1.165) is 38.8 Å². The molecule has 200 valence electrons. The summed E-state index contributed by atoms with van der Waals surface area (Å²) >= 11 is 0. The Kier molecular flexibility index (Phi) is 11.6. The zero-order chi connectivity index (χ0) is 28.1. The predicted molar refractivity (Wildman–Crippen MR) is 140 cm³/mol. The Bertz CT molecular complexity index is 1140. The monoisotopic (exact) mass is 522 g/mol. The number of aromatic nitrogens is 1. The fourth-order valence-corrected chi connectivity index (χ4v) is 4.03. The van der Waals surface area contributed by atoms with Gasteiger partial charge in [0.1, 0.15) is 0 Å². The molecule has 1 aliphatic heterocycles. The van der Waals surface area contributed by atoms with E-state index < -0.39 is 23.9 Å². The summed E-state index contributed by atoms with van der Waals surface area (Å²) in [7, 11) is 2.22. The number of hydrogen-bond acceptors (Lipinski definition) is 6. The number of carboxylic acid groups (broad SMARTS) is 4. The standard InChI is InChI=1S/C20H22N2.2C4H4O4/c1-22-13-10-16(11-14-22)19-18-7-3-2-5-15(18)8-9-17-6-4-12-21-20(17)19;2*5-3(6)1-2-4(7)8/h2-7,12H,8-11,13-14H2,1H3;2*1-2H,(H,5,6)(H,7,8)/b;2*2-1-. The number of carboxylic acids is 4. The Morgan fingerprint density at radius 2 is 1.18 bits per heavy atom. The Balaban J connectivity index is 0.000000264. The minimum atomic E-state index is -1.26. The molecule has 0 atom stereocenters. The summed E-state index contributed by atoms with van der Waals surface area (Å²) in [5, 5.41) is 31.2. The molecule has 2 aliphatic rings. The number of benzene rings is 1. The number of aryl methyl sites for hydroxylation is 2. The molecule has 0 bridgehead atoms. The van der Waals surface area contributed by atoms with Gasteiger partial charge in [-0.25, -0.2) is 19.2 Å². The molecule has 0 saturated carbocycles. The van der Waals surface area contributed by atoms with Gasteiger partial charge < -0.3 is 25.3 Å². The number of hydrogen-bond donors (Lipinski definition) is 4. The van der Waals surface area contributed by atoms with Gasteiger partial charge in [0.15, 0.2) is 0 Å². The number of likely N-dealkylation sites (tertiary alicyclic amines) is 1. The smallest absolute Gasteiger partial charge is 0.328 e. The molecule has 1 aliphatic carbocycles. The van der Waals surface area contributed by atoms with Gasteiger partial charge in [-0.15, -0.1) is 0 Å². The van der Waals surface area contributed by atoms with Gasteiger partial charge >= 0.3 is 23.9 Å². The Morgan fingerprint density at radius 1 is 0.711 bits per heavy atom. The molecule has 38 heavy (non-hydrogen) atoms. The molecule has 1 aromatic carbocycles. The second-order valence-corrected chi connectivity index (χ2v) is 8.47. The number of aliphatic carboxylic acids is 4. The normalized spacial score (nSPS) is 14.8. The van der Waals surface area contributed by atoms with Crippen LogP contribution in [-0.4, -0.2) is 74.3 Å². The summed E-state index contributed by atoms with van der Waals surface area (Å²) in [5.41, 5.74) is 8.54. The second kappa shape index (κ2) is 14.9. The van der Waals surface area contributed by atoms with E-state index in [0.29, 0.717) is 24.3 Å². The van der Waals surface area contributed by atoms with Crippen LogP contribution in [-0.2, 0) is 32.0 Å². The molecule has 2 heterocycles. The largest absolute Gasteiger partial charge is 0.478 e. The summed E-state index contributed by atoms with van der Waals surface area (Å²) < 4.78 is 0. The number of piperidine rings is 1. The van der Waals surface area contributed by atoms with Crippen LogP contribution in [0.4, 0.5) is 0 Å². The van der Waals surface area contributed by atoms with Crippen LogP contribution in [0, 0.1) is 0 Å². The van der Waals surface area contributed by atoms with Crippen molar-refractivity contribution < 1.29 is 39.6 Å². The lowest BCUT2D eigenvalue weighted by atomic mass is 9.89. The van der Waals surface area contributed by atoms with Crippen LogP contribution in [0.15, 0.2) is 72.5 Å². The van der Waals surface area contributed by atoms with Gasteiger partial charge in [0.25, 0.3) is 0 Å². The van der Waals surface area contributed by atoms with Crippen molar-refractivity contribution in [2.75, 3.05) is 20.1 Å². The summed E-state index contributed by atoms with van der Waals surface area (Å²) in [5.74, 6) is -5.03. The Hall–Kier alpha value is -4.57. The maximum Gasteiger partial charge on any atom is 0.328 e. The highest BCUT2D eigenvalue weighted by molar-refractivity contribution is 5.90. The summed E-state index contributed by atoms with van der Waals surface area (Å²) in [6.07, 6.45) is 8.71. The highest BCUT2D eigenvalue weighted by atomic mass is 16.4. The first-order valence-electron chi connectivity index (χ1n) is 11.8. The number of pyridine rings is 1. The van der Waals surface area contributed by atoms with E-state index in [4.69, 9.17) is 25.4 Å². The van der Waals surface area contributed by atoms with Gasteiger partial charge in [-0.3, -0.25) is 4.98 Å². The zero-order valence-electron chi connectivity index (χ0n) is 20.9. The van der Waals surface area contributed by atoms with Gasteiger partial charge in [-0.05, 0) is 55.5 Å². The molecule has 2 aromatic rings. The number of fused-ring (bicyclic) bond motifs is 2. The second-order valence-electron chi connectivity index (χ2n) is 8.47. The lowest BCUT2D eigenvalue weighted by Gasteiger charge is -2.27. The summed E-state index contributed by atoms with van der Waals surface area (Å²) in [4.78, 5) is 45.4.